The topological polar surface area (TPSA) is 57.6 Å². The monoisotopic (exact) mass is 354 g/mol. The third-order valence-corrected chi connectivity index (χ3v) is 5.10. The van der Waals surface area contributed by atoms with Gasteiger partial charge in [-0.05, 0) is 18.6 Å². The third-order valence-electron chi connectivity index (χ3n) is 5.10. The van der Waals surface area contributed by atoms with E-state index >= 15 is 0 Å². The van der Waals surface area contributed by atoms with Gasteiger partial charge in [0.05, 0.1) is 13.2 Å². The molecule has 0 aliphatic carbocycles. The summed E-state index contributed by atoms with van der Waals surface area (Å²) in [7, 11) is 0. The van der Waals surface area contributed by atoms with E-state index < -0.39 is 0 Å². The molecular formula is C19H26N6O. The second kappa shape index (κ2) is 7.97. The van der Waals surface area contributed by atoms with Crippen molar-refractivity contribution in [2.45, 2.75) is 13.5 Å². The number of piperazine rings is 1. The van der Waals surface area contributed by atoms with Gasteiger partial charge in [0.15, 0.2) is 0 Å². The van der Waals surface area contributed by atoms with Gasteiger partial charge in [0.2, 0.25) is 5.95 Å². The first-order chi connectivity index (χ1) is 12.8. The van der Waals surface area contributed by atoms with E-state index in [0.29, 0.717) is 0 Å². The Balaban J connectivity index is 1.31. The Morgan fingerprint density at radius 1 is 0.923 bits per heavy atom. The number of pyridine rings is 1. The van der Waals surface area contributed by atoms with Gasteiger partial charge in [0, 0.05) is 81.9 Å². The number of aromatic nitrogens is 3. The molecule has 7 nitrogen and oxygen atoms in total. The van der Waals surface area contributed by atoms with E-state index in [1.807, 2.05) is 24.8 Å². The largest absolute Gasteiger partial charge is 0.378 e. The highest BCUT2D eigenvalue weighted by molar-refractivity contribution is 5.51. The molecule has 2 aromatic rings. The van der Waals surface area contributed by atoms with Crippen LogP contribution in [0.4, 0.5) is 11.6 Å². The molecule has 4 rings (SSSR count). The number of ether oxygens (including phenoxy) is 1. The second-order valence-electron chi connectivity index (χ2n) is 6.92. The number of aryl methyl sites for hydroxylation is 1. The summed E-state index contributed by atoms with van der Waals surface area (Å²) in [4.78, 5) is 20.4. The number of rotatable bonds is 4. The molecule has 138 valence electrons. The molecule has 26 heavy (non-hydrogen) atoms. The average molecular weight is 354 g/mol. The van der Waals surface area contributed by atoms with E-state index in [1.165, 1.54) is 16.8 Å². The molecule has 4 heterocycles. The van der Waals surface area contributed by atoms with Gasteiger partial charge >= 0.3 is 0 Å². The molecule has 7 heteroatoms. The molecule has 0 amide bonds. The van der Waals surface area contributed by atoms with E-state index in [4.69, 9.17) is 4.74 Å². The van der Waals surface area contributed by atoms with Gasteiger partial charge in [-0.25, -0.2) is 9.97 Å². The predicted molar refractivity (Wildman–Crippen MR) is 102 cm³/mol. The minimum absolute atomic E-state index is 0.756. The minimum atomic E-state index is 0.756. The Labute approximate surface area is 154 Å². The Morgan fingerprint density at radius 3 is 2.35 bits per heavy atom. The first kappa shape index (κ1) is 17.2. The van der Waals surface area contributed by atoms with Crippen LogP contribution >= 0.6 is 0 Å². The number of morpholine rings is 1. The van der Waals surface area contributed by atoms with Crippen LogP contribution in [0.3, 0.4) is 0 Å². The molecule has 0 radical (unpaired) electrons. The predicted octanol–water partition coefficient (Wildman–Crippen LogP) is 1.34. The summed E-state index contributed by atoms with van der Waals surface area (Å²) in [5.41, 5.74) is 3.72. The zero-order valence-electron chi connectivity index (χ0n) is 15.3. The normalized spacial score (nSPS) is 19.0. The quantitative estimate of drug-likeness (QED) is 0.821. The van der Waals surface area contributed by atoms with Gasteiger partial charge in [-0.2, -0.15) is 0 Å². The summed E-state index contributed by atoms with van der Waals surface area (Å²) >= 11 is 0. The molecule has 2 aliphatic rings. The Morgan fingerprint density at radius 2 is 1.65 bits per heavy atom. The molecule has 0 bridgehead atoms. The van der Waals surface area contributed by atoms with Gasteiger partial charge in [-0.1, -0.05) is 0 Å². The van der Waals surface area contributed by atoms with Crippen molar-refractivity contribution in [3.8, 4) is 0 Å². The Bertz CT molecular complexity index is 708. The molecule has 2 saturated heterocycles. The Kier molecular flexibility index (Phi) is 5.26. The lowest BCUT2D eigenvalue weighted by Crippen LogP contribution is -2.46. The summed E-state index contributed by atoms with van der Waals surface area (Å²) in [6, 6.07) is 2.11. The number of hydrogen-bond acceptors (Lipinski definition) is 7. The van der Waals surface area contributed by atoms with Crippen molar-refractivity contribution in [3.05, 3.63) is 42.0 Å². The Hall–Kier alpha value is -2.25. The maximum absolute atomic E-state index is 5.38. The summed E-state index contributed by atoms with van der Waals surface area (Å²) in [6.45, 7) is 10.5. The fourth-order valence-corrected chi connectivity index (χ4v) is 3.58. The standard InChI is InChI=1S/C19H26N6O/c1-16-12-20-3-2-18(16)24-6-4-23(5-7-24)15-17-13-21-19(22-14-17)25-8-10-26-11-9-25/h2-3,12-14H,4-11,15H2,1H3. The number of anilines is 2. The molecule has 0 aromatic carbocycles. The van der Waals surface area contributed by atoms with Crippen molar-refractivity contribution in [1.29, 1.82) is 0 Å². The molecule has 0 unspecified atom stereocenters. The zero-order valence-corrected chi connectivity index (χ0v) is 15.3. The molecule has 0 saturated carbocycles. The lowest BCUT2D eigenvalue weighted by atomic mass is 10.2. The van der Waals surface area contributed by atoms with Gasteiger partial charge in [-0.3, -0.25) is 9.88 Å². The smallest absolute Gasteiger partial charge is 0.225 e. The summed E-state index contributed by atoms with van der Waals surface area (Å²) in [5.74, 6) is 0.815. The number of nitrogens with zero attached hydrogens (tertiary/aromatic N) is 6. The summed E-state index contributed by atoms with van der Waals surface area (Å²) < 4.78 is 5.38. The maximum atomic E-state index is 5.38. The highest BCUT2D eigenvalue weighted by Gasteiger charge is 2.19. The third kappa shape index (κ3) is 3.94. The summed E-state index contributed by atoms with van der Waals surface area (Å²) in [6.07, 6.45) is 7.76. The van der Waals surface area contributed by atoms with Crippen molar-refractivity contribution >= 4 is 11.6 Å². The van der Waals surface area contributed by atoms with Gasteiger partial charge in [0.1, 0.15) is 0 Å². The van der Waals surface area contributed by atoms with Crippen molar-refractivity contribution in [1.82, 2.24) is 19.9 Å². The van der Waals surface area contributed by atoms with Gasteiger partial charge < -0.3 is 14.5 Å². The molecule has 2 fully saturated rings. The van der Waals surface area contributed by atoms with Crippen LogP contribution in [-0.4, -0.2) is 72.3 Å². The molecule has 0 spiro atoms. The van der Waals surface area contributed by atoms with Crippen molar-refractivity contribution < 1.29 is 4.74 Å². The van der Waals surface area contributed by atoms with Crippen LogP contribution < -0.4 is 9.80 Å². The van der Waals surface area contributed by atoms with Crippen molar-refractivity contribution in [2.75, 3.05) is 62.3 Å². The lowest BCUT2D eigenvalue weighted by molar-refractivity contribution is 0.122. The van der Waals surface area contributed by atoms with Crippen LogP contribution in [0.15, 0.2) is 30.9 Å². The van der Waals surface area contributed by atoms with Gasteiger partial charge in [-0.15, -0.1) is 0 Å². The fourth-order valence-electron chi connectivity index (χ4n) is 3.58. The molecule has 0 N–H and O–H groups in total. The minimum Gasteiger partial charge on any atom is -0.378 e. The van der Waals surface area contributed by atoms with Crippen LogP contribution in [0.5, 0.6) is 0 Å². The van der Waals surface area contributed by atoms with Crippen LogP contribution in [-0.2, 0) is 11.3 Å². The van der Waals surface area contributed by atoms with Crippen LogP contribution in [0.2, 0.25) is 0 Å². The van der Waals surface area contributed by atoms with Crippen molar-refractivity contribution in [3.63, 3.8) is 0 Å². The van der Waals surface area contributed by atoms with Crippen LogP contribution in [0.25, 0.3) is 0 Å². The summed E-state index contributed by atoms with van der Waals surface area (Å²) in [5, 5.41) is 0. The van der Waals surface area contributed by atoms with E-state index in [1.54, 1.807) is 0 Å². The van der Waals surface area contributed by atoms with E-state index in [9.17, 15) is 0 Å². The van der Waals surface area contributed by atoms with Crippen molar-refractivity contribution in [2.24, 2.45) is 0 Å². The first-order valence-electron chi connectivity index (χ1n) is 9.31. The average Bonchev–Trinajstić information content (AvgIpc) is 2.70. The zero-order chi connectivity index (χ0) is 17.8. The molecule has 0 atom stereocenters. The SMILES string of the molecule is Cc1cnccc1N1CCN(Cc2cnc(N3CCOCC3)nc2)CC1. The van der Waals surface area contributed by atoms with E-state index in [2.05, 4.69) is 42.6 Å². The lowest BCUT2D eigenvalue weighted by Gasteiger charge is -2.36. The second-order valence-corrected chi connectivity index (χ2v) is 6.92. The molecule has 2 aliphatic heterocycles. The molecular weight excluding hydrogens is 328 g/mol. The van der Waals surface area contributed by atoms with E-state index in [-0.39, 0.29) is 0 Å². The van der Waals surface area contributed by atoms with Gasteiger partial charge in [0.25, 0.3) is 0 Å². The molecule has 2 aromatic heterocycles. The first-order valence-corrected chi connectivity index (χ1v) is 9.31. The maximum Gasteiger partial charge on any atom is 0.225 e. The van der Waals surface area contributed by atoms with Crippen LogP contribution in [0, 0.1) is 6.92 Å². The van der Waals surface area contributed by atoms with E-state index in [0.717, 1.165) is 65.0 Å². The highest BCUT2D eigenvalue weighted by Crippen LogP contribution is 2.20. The highest BCUT2D eigenvalue weighted by atomic mass is 16.5. The van der Waals surface area contributed by atoms with Crippen LogP contribution in [0.1, 0.15) is 11.1 Å². The number of hydrogen-bond donors (Lipinski definition) is 0. The fraction of sp³-hybridized carbons (Fsp3) is 0.526.